The number of nitrogens with zero attached hydrogens (tertiary/aromatic N) is 3. The molecule has 2 aliphatic rings. The first kappa shape index (κ1) is 17.6. The molecule has 5 rings (SSSR count). The van der Waals surface area contributed by atoms with E-state index in [0.29, 0.717) is 5.69 Å². The third-order valence-electron chi connectivity index (χ3n) is 5.41. The lowest BCUT2D eigenvalue weighted by Crippen LogP contribution is -2.37. The molecule has 0 spiro atoms. The van der Waals surface area contributed by atoms with E-state index < -0.39 is 18.1 Å². The van der Waals surface area contributed by atoms with Crippen LogP contribution >= 0.6 is 0 Å². The summed E-state index contributed by atoms with van der Waals surface area (Å²) in [7, 11) is 0. The third-order valence-corrected chi connectivity index (χ3v) is 5.41. The number of hydrogen-bond donors (Lipinski definition) is 0. The first-order valence-corrected chi connectivity index (χ1v) is 9.50. The zero-order valence-corrected chi connectivity index (χ0v) is 15.8. The Bertz CT molecular complexity index is 1070. The van der Waals surface area contributed by atoms with Crippen molar-refractivity contribution in [1.29, 1.82) is 0 Å². The Morgan fingerprint density at radius 3 is 2.41 bits per heavy atom. The Morgan fingerprint density at radius 2 is 1.69 bits per heavy atom. The molecule has 3 heterocycles. The van der Waals surface area contributed by atoms with Crippen LogP contribution in [0.25, 0.3) is 0 Å². The molecule has 29 heavy (non-hydrogen) atoms. The van der Waals surface area contributed by atoms with Gasteiger partial charge in [-0.2, -0.15) is 0 Å². The van der Waals surface area contributed by atoms with Crippen molar-refractivity contribution in [1.82, 2.24) is 4.98 Å². The van der Waals surface area contributed by atoms with Gasteiger partial charge in [-0.1, -0.05) is 36.4 Å². The van der Waals surface area contributed by atoms with Gasteiger partial charge in [0.15, 0.2) is 6.10 Å². The fraction of sp³-hybridized carbons (Fsp3) is 0.174. The zero-order valence-electron chi connectivity index (χ0n) is 15.8. The number of pyridine rings is 1. The average Bonchev–Trinajstić information content (AvgIpc) is 3.26. The molecule has 2 fully saturated rings. The quantitative estimate of drug-likeness (QED) is 0.647. The van der Waals surface area contributed by atoms with Gasteiger partial charge in [0.25, 0.3) is 5.91 Å². The molecule has 2 amide bonds. The van der Waals surface area contributed by atoms with E-state index in [2.05, 4.69) is 4.98 Å². The van der Waals surface area contributed by atoms with Crippen molar-refractivity contribution in [2.45, 2.75) is 19.1 Å². The maximum Gasteiger partial charge on any atom is 0.266 e. The van der Waals surface area contributed by atoms with Crippen molar-refractivity contribution in [3.8, 4) is 0 Å². The fourth-order valence-corrected chi connectivity index (χ4v) is 4.12. The molecular weight excluding hydrogens is 366 g/mol. The van der Waals surface area contributed by atoms with E-state index >= 15 is 0 Å². The molecule has 0 aliphatic carbocycles. The standard InChI is InChI=1S/C23H19N3O3/c1-15-7-5-11-18(13-15)25-22(27)19-20(16-8-6-12-24-14-16)26(29-21(19)23(25)28)17-9-3-2-4-10-17/h2-14,19-21H,1H3/t19-,20-,21-/m0/s1. The molecule has 2 saturated heterocycles. The molecular formula is C23H19N3O3. The highest BCUT2D eigenvalue weighted by atomic mass is 16.7. The zero-order chi connectivity index (χ0) is 20.0. The van der Waals surface area contributed by atoms with Gasteiger partial charge in [-0.25, -0.2) is 9.96 Å². The van der Waals surface area contributed by atoms with Gasteiger partial charge >= 0.3 is 0 Å². The van der Waals surface area contributed by atoms with E-state index in [4.69, 9.17) is 4.84 Å². The topological polar surface area (TPSA) is 62.7 Å². The Kier molecular flexibility index (Phi) is 4.14. The number of carbonyl (C=O) groups is 2. The summed E-state index contributed by atoms with van der Waals surface area (Å²) < 4.78 is 0. The number of anilines is 2. The molecule has 0 N–H and O–H groups in total. The van der Waals surface area contributed by atoms with Gasteiger partial charge in [0.05, 0.1) is 17.4 Å². The maximum absolute atomic E-state index is 13.4. The highest BCUT2D eigenvalue weighted by Crippen LogP contribution is 2.47. The average molecular weight is 385 g/mol. The van der Waals surface area contributed by atoms with Gasteiger partial charge in [0.1, 0.15) is 5.92 Å². The number of carbonyl (C=O) groups excluding carboxylic acids is 2. The number of aryl methyl sites for hydroxylation is 1. The maximum atomic E-state index is 13.4. The van der Waals surface area contributed by atoms with Crippen LogP contribution in [0.1, 0.15) is 17.2 Å². The minimum atomic E-state index is -0.867. The number of fused-ring (bicyclic) bond motifs is 1. The summed E-state index contributed by atoms with van der Waals surface area (Å²) >= 11 is 0. The molecule has 0 bridgehead atoms. The van der Waals surface area contributed by atoms with Crippen molar-refractivity contribution in [2.75, 3.05) is 9.96 Å². The lowest BCUT2D eigenvalue weighted by Gasteiger charge is -2.28. The summed E-state index contributed by atoms with van der Waals surface area (Å²) in [4.78, 5) is 38.2. The smallest absolute Gasteiger partial charge is 0.266 e. The van der Waals surface area contributed by atoms with Gasteiger partial charge < -0.3 is 0 Å². The molecule has 1 aromatic heterocycles. The van der Waals surface area contributed by atoms with Gasteiger partial charge in [-0.05, 0) is 48.4 Å². The molecule has 3 aromatic rings. The minimum Gasteiger partial charge on any atom is -0.273 e. The van der Waals surface area contributed by atoms with Crippen LogP contribution in [0.3, 0.4) is 0 Å². The molecule has 0 saturated carbocycles. The van der Waals surface area contributed by atoms with Gasteiger partial charge in [-0.3, -0.25) is 19.4 Å². The Hall–Kier alpha value is -3.51. The first-order valence-electron chi connectivity index (χ1n) is 9.50. The van der Waals surface area contributed by atoms with Crippen LogP contribution in [0.5, 0.6) is 0 Å². The number of rotatable bonds is 3. The fourth-order valence-electron chi connectivity index (χ4n) is 4.12. The summed E-state index contributed by atoms with van der Waals surface area (Å²) in [5.74, 6) is -1.23. The third kappa shape index (κ3) is 2.80. The highest BCUT2D eigenvalue weighted by Gasteiger charge is 2.60. The molecule has 2 aliphatic heterocycles. The summed E-state index contributed by atoms with van der Waals surface area (Å²) in [6.07, 6.45) is 2.54. The monoisotopic (exact) mass is 385 g/mol. The molecule has 6 nitrogen and oxygen atoms in total. The van der Waals surface area contributed by atoms with E-state index in [1.165, 1.54) is 4.90 Å². The van der Waals surface area contributed by atoms with Crippen molar-refractivity contribution >= 4 is 23.2 Å². The van der Waals surface area contributed by atoms with E-state index in [-0.39, 0.29) is 11.8 Å². The molecule has 0 radical (unpaired) electrons. The first-order chi connectivity index (χ1) is 14.1. The van der Waals surface area contributed by atoms with Gasteiger partial charge in [0, 0.05) is 12.4 Å². The van der Waals surface area contributed by atoms with Crippen LogP contribution in [-0.4, -0.2) is 22.9 Å². The second kappa shape index (κ2) is 6.83. The molecule has 6 heteroatoms. The second-order valence-corrected chi connectivity index (χ2v) is 7.30. The van der Waals surface area contributed by atoms with E-state index in [1.807, 2.05) is 67.6 Å². The molecule has 144 valence electrons. The van der Waals surface area contributed by atoms with Crippen LogP contribution in [0.2, 0.25) is 0 Å². The van der Waals surface area contributed by atoms with Crippen LogP contribution in [0.4, 0.5) is 11.4 Å². The summed E-state index contributed by atoms with van der Waals surface area (Å²) in [6.45, 7) is 1.93. The number of hydrogen-bond acceptors (Lipinski definition) is 5. The predicted octanol–water partition coefficient (Wildman–Crippen LogP) is 3.44. The number of hydroxylamine groups is 1. The molecule has 0 unspecified atom stereocenters. The Morgan fingerprint density at radius 1 is 0.897 bits per heavy atom. The second-order valence-electron chi connectivity index (χ2n) is 7.30. The lowest BCUT2D eigenvalue weighted by molar-refractivity contribution is -0.126. The Labute approximate surface area is 168 Å². The largest absolute Gasteiger partial charge is 0.273 e. The summed E-state index contributed by atoms with van der Waals surface area (Å²) in [5.41, 5.74) is 3.18. The van der Waals surface area contributed by atoms with Crippen LogP contribution in [0, 0.1) is 12.8 Å². The van der Waals surface area contributed by atoms with Gasteiger partial charge in [0.2, 0.25) is 5.91 Å². The number of aromatic nitrogens is 1. The normalized spacial score (nSPS) is 23.6. The SMILES string of the molecule is Cc1cccc(N2C(=O)[C@@H]3[C@H](ON(c4ccccc4)[C@H]3c3cccnc3)C2=O)c1. The van der Waals surface area contributed by atoms with E-state index in [0.717, 1.165) is 16.8 Å². The Balaban J connectivity index is 1.59. The number of benzene rings is 2. The molecule has 3 atom stereocenters. The summed E-state index contributed by atoms with van der Waals surface area (Å²) in [5, 5.41) is 1.68. The summed E-state index contributed by atoms with van der Waals surface area (Å²) in [6, 6.07) is 20.2. The van der Waals surface area contributed by atoms with Crippen molar-refractivity contribution in [2.24, 2.45) is 5.92 Å². The molecule has 2 aromatic carbocycles. The van der Waals surface area contributed by atoms with Crippen LogP contribution in [0.15, 0.2) is 79.1 Å². The predicted molar refractivity (Wildman–Crippen MR) is 108 cm³/mol. The van der Waals surface area contributed by atoms with Crippen LogP contribution < -0.4 is 9.96 Å². The van der Waals surface area contributed by atoms with E-state index in [9.17, 15) is 9.59 Å². The van der Waals surface area contributed by atoms with Crippen LogP contribution in [-0.2, 0) is 14.4 Å². The van der Waals surface area contributed by atoms with E-state index in [1.54, 1.807) is 23.5 Å². The van der Waals surface area contributed by atoms with Crippen molar-refractivity contribution < 1.29 is 14.4 Å². The minimum absolute atomic E-state index is 0.252. The van der Waals surface area contributed by atoms with Crippen molar-refractivity contribution in [3.63, 3.8) is 0 Å². The number of amides is 2. The number of imide groups is 1. The number of para-hydroxylation sites is 1. The highest BCUT2D eigenvalue weighted by molar-refractivity contribution is 6.23. The van der Waals surface area contributed by atoms with Crippen molar-refractivity contribution in [3.05, 3.63) is 90.3 Å². The van der Waals surface area contributed by atoms with Gasteiger partial charge in [-0.15, -0.1) is 0 Å². The lowest BCUT2D eigenvalue weighted by atomic mass is 9.91.